The van der Waals surface area contributed by atoms with E-state index in [1.807, 2.05) is 76.3 Å². The van der Waals surface area contributed by atoms with Gasteiger partial charge in [-0.15, -0.1) is 5.10 Å². The van der Waals surface area contributed by atoms with Crippen LogP contribution in [0.15, 0.2) is 41.5 Å². The number of ether oxygens (including phenoxy) is 7. The number of methoxy groups -OCH3 is 1. The van der Waals surface area contributed by atoms with Crippen molar-refractivity contribution in [3.8, 4) is 17.0 Å². The number of rotatable bonds is 17. The highest BCUT2D eigenvalue weighted by Crippen LogP contribution is 2.43. The first-order chi connectivity index (χ1) is 34.1. The monoisotopic (exact) mass is 1050 g/mol. The average Bonchev–Trinajstić information content (AvgIpc) is 3.88. The maximum atomic E-state index is 14.5. The van der Waals surface area contributed by atoms with Crippen molar-refractivity contribution in [2.75, 3.05) is 47.4 Å². The number of aliphatic hydroxyl groups is 5. The third kappa shape index (κ3) is 15.3. The van der Waals surface area contributed by atoms with Gasteiger partial charge < -0.3 is 79.5 Å². The summed E-state index contributed by atoms with van der Waals surface area (Å²) < 4.78 is 48.6. The van der Waals surface area contributed by atoms with Gasteiger partial charge in [0.05, 0.1) is 35.9 Å². The molecule has 1 aromatic carbocycles. The first-order valence-corrected chi connectivity index (χ1v) is 27.0. The topological polar surface area (TPSA) is 253 Å². The highest BCUT2D eigenvalue weighted by atomic mass is 32.1. The number of aromatic nitrogens is 2. The van der Waals surface area contributed by atoms with E-state index in [1.165, 1.54) is 25.6 Å². The number of hydrogen-bond acceptors (Lipinski definition) is 20. The SMILES string of the molecule is CC[C@H]1OC(=O)[C@H](C)[C@@H](O[C@H]2C[C@@](C)(OC)[C@](C)(O)[C@H](C)O2)[C@H](C)[C@@H](O[C@H]2C[C@@H](N(C)CC/C(N)=C/NCC(O)COc3ccc(-c4csnn4)cc3)C[C@@H](C)O2)[C@](C)(O)C[C@@H](C)CN(C)[C@H](C)[C@@H](O)[C@]1(C)O. The maximum Gasteiger partial charge on any atom is 0.311 e. The zero-order valence-electron chi connectivity index (χ0n) is 45.9. The first kappa shape index (κ1) is 60.8. The number of aliphatic hydroxyl groups excluding tert-OH is 2. The molecule has 0 bridgehead atoms. The zero-order valence-corrected chi connectivity index (χ0v) is 46.7. The Morgan fingerprint density at radius 2 is 1.71 bits per heavy atom. The lowest BCUT2D eigenvalue weighted by atomic mass is 9.76. The molecular formula is C53H90N6O13S. The highest BCUT2D eigenvalue weighted by molar-refractivity contribution is 7.03. The minimum atomic E-state index is -1.82. The van der Waals surface area contributed by atoms with Crippen molar-refractivity contribution in [2.45, 2.75) is 204 Å². The van der Waals surface area contributed by atoms with Crippen molar-refractivity contribution in [3.63, 3.8) is 0 Å². The smallest absolute Gasteiger partial charge is 0.311 e. The molecule has 0 aliphatic carbocycles. The van der Waals surface area contributed by atoms with E-state index in [-0.39, 0.29) is 50.5 Å². The zero-order chi connectivity index (χ0) is 54.2. The normalized spacial score (nSPS) is 39.3. The minimum Gasteiger partial charge on any atom is -0.491 e. The molecule has 416 valence electrons. The van der Waals surface area contributed by atoms with Crippen LogP contribution in [0.4, 0.5) is 0 Å². The second-order valence-electron chi connectivity index (χ2n) is 22.3. The van der Waals surface area contributed by atoms with Crippen molar-refractivity contribution in [1.29, 1.82) is 0 Å². The number of likely N-dealkylation sites (N-methyl/N-ethyl adjacent to an activating group) is 1. The number of hydrogen-bond donors (Lipinski definition) is 7. The fraction of sp³-hybridized carbons (Fsp3) is 0.792. The number of esters is 1. The van der Waals surface area contributed by atoms with Gasteiger partial charge in [-0.25, -0.2) is 0 Å². The van der Waals surface area contributed by atoms with Gasteiger partial charge in [0.2, 0.25) is 0 Å². The Kier molecular flexibility index (Phi) is 21.5. The Bertz CT molecular complexity index is 2030. The van der Waals surface area contributed by atoms with E-state index >= 15 is 0 Å². The lowest BCUT2D eigenvalue weighted by Crippen LogP contribution is -2.65. The van der Waals surface area contributed by atoms with Gasteiger partial charge in [-0.2, -0.15) is 0 Å². The van der Waals surface area contributed by atoms with Crippen molar-refractivity contribution in [1.82, 2.24) is 24.7 Å². The number of carbonyl (C=O) groups excluding carboxylic acids is 1. The molecule has 0 radical (unpaired) electrons. The van der Waals surface area contributed by atoms with Gasteiger partial charge in [0.25, 0.3) is 0 Å². The predicted octanol–water partition coefficient (Wildman–Crippen LogP) is 4.43. The van der Waals surface area contributed by atoms with Crippen molar-refractivity contribution < 1.29 is 63.5 Å². The molecule has 0 saturated carbocycles. The number of benzene rings is 1. The second-order valence-corrected chi connectivity index (χ2v) is 22.9. The lowest BCUT2D eigenvalue weighted by Gasteiger charge is -2.52. The van der Waals surface area contributed by atoms with Gasteiger partial charge in [0.1, 0.15) is 53.2 Å². The van der Waals surface area contributed by atoms with Gasteiger partial charge in [0, 0.05) is 86.8 Å². The Labute approximate surface area is 438 Å². The van der Waals surface area contributed by atoms with E-state index in [0.717, 1.165) is 17.7 Å². The van der Waals surface area contributed by atoms with E-state index < -0.39 is 95.5 Å². The molecule has 0 spiro atoms. The summed E-state index contributed by atoms with van der Waals surface area (Å²) in [6.07, 6.45) is -3.78. The van der Waals surface area contributed by atoms with Crippen LogP contribution in [-0.2, 0) is 33.2 Å². The first-order valence-electron chi connectivity index (χ1n) is 26.1. The quantitative estimate of drug-likeness (QED) is 0.108. The number of carbonyl (C=O) groups is 1. The van der Waals surface area contributed by atoms with E-state index in [9.17, 15) is 30.3 Å². The average molecular weight is 1050 g/mol. The molecule has 1 unspecified atom stereocenters. The summed E-state index contributed by atoms with van der Waals surface area (Å²) >= 11 is 1.29. The predicted molar refractivity (Wildman–Crippen MR) is 278 cm³/mol. The lowest BCUT2D eigenvalue weighted by molar-refractivity contribution is -0.331. The molecule has 1 aromatic heterocycles. The van der Waals surface area contributed by atoms with Gasteiger partial charge in [0.15, 0.2) is 12.6 Å². The van der Waals surface area contributed by atoms with Crippen LogP contribution in [0.3, 0.4) is 0 Å². The molecule has 20 heteroatoms. The molecule has 19 nitrogen and oxygen atoms in total. The third-order valence-electron chi connectivity index (χ3n) is 16.1. The minimum absolute atomic E-state index is 0.0140. The summed E-state index contributed by atoms with van der Waals surface area (Å²) in [5, 5.41) is 67.6. The molecule has 3 aliphatic rings. The van der Waals surface area contributed by atoms with E-state index in [4.69, 9.17) is 38.9 Å². The van der Waals surface area contributed by atoms with Crippen molar-refractivity contribution in [2.24, 2.45) is 23.5 Å². The van der Waals surface area contributed by atoms with Gasteiger partial charge in [-0.3, -0.25) is 4.79 Å². The summed E-state index contributed by atoms with van der Waals surface area (Å²) in [5.41, 5.74) is 2.98. The molecule has 4 heterocycles. The van der Waals surface area contributed by atoms with Crippen LogP contribution >= 0.6 is 11.5 Å². The molecule has 5 rings (SSSR count). The van der Waals surface area contributed by atoms with E-state index in [2.05, 4.69) is 19.8 Å². The van der Waals surface area contributed by atoms with Crippen LogP contribution in [0.25, 0.3) is 11.3 Å². The molecule has 18 atom stereocenters. The van der Waals surface area contributed by atoms with Crippen LogP contribution < -0.4 is 15.8 Å². The standard InChI is InChI=1S/C53H90N6O13S/c1-15-43-52(10,64)47(61)35(6)59(13)28-31(2)24-50(8,63)48(33(4)46(34(5)49(62)70-43)71-45-25-51(9,66-14)53(11,65)36(7)69-45)72-44-23-39(22-32(3)68-44)58(12)21-20-38(54)26-55-27-40(60)29-67-41-18-16-37(17-19-41)42-30-73-57-56-42/h16-19,26,30-36,39-40,43-48,55,60-61,63-65H,15,20-25,27-29,54H2,1-14H3/b38-26-/t31-,32-,33+,34-,35-,36+,39+,40?,43-,44+,45+,46+,47-,48-,50-,51-,52-,53-/m1/s1. The number of nitrogens with zero attached hydrogens (tertiary/aromatic N) is 4. The van der Waals surface area contributed by atoms with Crippen LogP contribution in [-0.4, -0.2) is 188 Å². The fourth-order valence-corrected chi connectivity index (χ4v) is 11.4. The molecule has 0 amide bonds. The number of cyclic esters (lactones) is 1. The summed E-state index contributed by atoms with van der Waals surface area (Å²) in [4.78, 5) is 18.7. The maximum absolute atomic E-state index is 14.5. The Morgan fingerprint density at radius 3 is 2.34 bits per heavy atom. The highest BCUT2D eigenvalue weighted by Gasteiger charge is 2.56. The summed E-state index contributed by atoms with van der Waals surface area (Å²) in [6.45, 7) is 21.0. The van der Waals surface area contributed by atoms with Crippen LogP contribution in [0.5, 0.6) is 5.75 Å². The molecule has 2 aromatic rings. The summed E-state index contributed by atoms with van der Waals surface area (Å²) in [6, 6.07) is 6.93. The Hall–Kier alpha value is -3.09. The Balaban J connectivity index is 1.32. The second kappa shape index (κ2) is 25.8. The van der Waals surface area contributed by atoms with Crippen molar-refractivity contribution in [3.05, 3.63) is 41.5 Å². The number of nitrogens with two attached hydrogens (primary N) is 1. The molecule has 3 saturated heterocycles. The summed E-state index contributed by atoms with van der Waals surface area (Å²) in [5.74, 6) is -1.91. The van der Waals surface area contributed by atoms with Gasteiger partial charge >= 0.3 is 5.97 Å². The van der Waals surface area contributed by atoms with Gasteiger partial charge in [-0.1, -0.05) is 25.3 Å². The molecule has 73 heavy (non-hydrogen) atoms. The molecule has 3 aliphatic heterocycles. The van der Waals surface area contributed by atoms with Crippen LogP contribution in [0.2, 0.25) is 0 Å². The largest absolute Gasteiger partial charge is 0.491 e. The van der Waals surface area contributed by atoms with E-state index in [1.54, 1.807) is 47.7 Å². The Morgan fingerprint density at radius 1 is 1.03 bits per heavy atom. The molecule has 8 N–H and O–H groups in total. The summed E-state index contributed by atoms with van der Waals surface area (Å²) in [7, 11) is 5.42. The van der Waals surface area contributed by atoms with Gasteiger partial charge in [-0.05, 0) is 130 Å². The van der Waals surface area contributed by atoms with Crippen molar-refractivity contribution >= 4 is 17.5 Å². The van der Waals surface area contributed by atoms with E-state index in [0.29, 0.717) is 37.4 Å². The molecule has 3 fully saturated rings. The van der Waals surface area contributed by atoms with Crippen LogP contribution in [0, 0.1) is 17.8 Å². The molecular weight excluding hydrogens is 961 g/mol. The number of nitrogens with one attached hydrogen (secondary N) is 1. The van der Waals surface area contributed by atoms with Crippen LogP contribution in [0.1, 0.15) is 115 Å². The fourth-order valence-electron chi connectivity index (χ4n) is 10.9. The third-order valence-corrected chi connectivity index (χ3v) is 16.6.